The molecular formula is C13H18Cl2N2O2S. The highest BCUT2D eigenvalue weighted by atomic mass is 35.5. The van der Waals surface area contributed by atoms with Gasteiger partial charge in [-0.1, -0.05) is 36.5 Å². The molecular weight excluding hydrogens is 319 g/mol. The largest absolute Gasteiger partial charge is 0.396 e. The summed E-state index contributed by atoms with van der Waals surface area (Å²) < 4.78 is 27.1. The van der Waals surface area contributed by atoms with Crippen molar-refractivity contribution in [3.05, 3.63) is 22.2 Å². The molecule has 1 aliphatic rings. The van der Waals surface area contributed by atoms with E-state index in [-0.39, 0.29) is 26.7 Å². The molecule has 7 heteroatoms. The van der Waals surface area contributed by atoms with Crippen LogP contribution in [-0.4, -0.2) is 25.3 Å². The average Bonchev–Trinajstić information content (AvgIpc) is 2.44. The van der Waals surface area contributed by atoms with Crippen molar-refractivity contribution in [1.29, 1.82) is 0 Å². The topological polar surface area (TPSA) is 63.4 Å². The van der Waals surface area contributed by atoms with Gasteiger partial charge in [0.2, 0.25) is 10.0 Å². The first-order chi connectivity index (χ1) is 9.39. The van der Waals surface area contributed by atoms with Gasteiger partial charge in [0.05, 0.1) is 15.7 Å². The maximum Gasteiger partial charge on any atom is 0.244 e. The first-order valence-corrected chi connectivity index (χ1v) is 8.84. The van der Waals surface area contributed by atoms with E-state index in [2.05, 4.69) is 0 Å². The summed E-state index contributed by atoms with van der Waals surface area (Å²) in [5.41, 5.74) is 5.84. The zero-order valence-corrected chi connectivity index (χ0v) is 13.6. The fourth-order valence-corrected chi connectivity index (χ4v) is 5.08. The molecule has 112 valence electrons. The van der Waals surface area contributed by atoms with Crippen molar-refractivity contribution in [1.82, 2.24) is 4.31 Å². The first kappa shape index (κ1) is 15.9. The third-order valence-electron chi connectivity index (χ3n) is 3.72. The summed E-state index contributed by atoms with van der Waals surface area (Å²) in [6.07, 6.45) is 3.60. The molecule has 0 bridgehead atoms. The predicted octanol–water partition coefficient (Wildman–Crippen LogP) is 3.53. The predicted molar refractivity (Wildman–Crippen MR) is 82.7 cm³/mol. The Balaban J connectivity index is 2.47. The lowest BCUT2D eigenvalue weighted by molar-refractivity contribution is 0.246. The van der Waals surface area contributed by atoms with E-state index in [1.54, 1.807) is 4.31 Å². The van der Waals surface area contributed by atoms with Gasteiger partial charge in [-0.15, -0.1) is 0 Å². The van der Waals surface area contributed by atoms with Gasteiger partial charge in [0.25, 0.3) is 0 Å². The second kappa shape index (κ2) is 6.10. The number of benzene rings is 1. The van der Waals surface area contributed by atoms with Crippen molar-refractivity contribution in [2.75, 3.05) is 12.3 Å². The van der Waals surface area contributed by atoms with Crippen LogP contribution in [0.15, 0.2) is 17.0 Å². The molecule has 1 saturated heterocycles. The van der Waals surface area contributed by atoms with Crippen LogP contribution in [0.5, 0.6) is 0 Å². The number of nitrogens with zero attached hydrogens (tertiary/aromatic N) is 1. The molecule has 0 saturated carbocycles. The van der Waals surface area contributed by atoms with Gasteiger partial charge in [0, 0.05) is 12.6 Å². The molecule has 4 nitrogen and oxygen atoms in total. The van der Waals surface area contributed by atoms with E-state index >= 15 is 0 Å². The molecule has 0 radical (unpaired) electrons. The zero-order valence-electron chi connectivity index (χ0n) is 11.3. The molecule has 1 fully saturated rings. The van der Waals surface area contributed by atoms with Gasteiger partial charge < -0.3 is 5.73 Å². The lowest BCUT2D eigenvalue weighted by Crippen LogP contribution is -2.43. The van der Waals surface area contributed by atoms with Gasteiger partial charge in [0.15, 0.2) is 0 Å². The Hall–Kier alpha value is -0.490. The summed E-state index contributed by atoms with van der Waals surface area (Å²) >= 11 is 11.9. The molecule has 1 heterocycles. The summed E-state index contributed by atoms with van der Waals surface area (Å²) in [6, 6.07) is 2.93. The van der Waals surface area contributed by atoms with E-state index in [0.29, 0.717) is 6.54 Å². The van der Waals surface area contributed by atoms with Crippen molar-refractivity contribution in [3.63, 3.8) is 0 Å². The number of hydrogen-bond donors (Lipinski definition) is 1. The molecule has 0 aromatic heterocycles. The number of piperidine rings is 1. The molecule has 2 rings (SSSR count). The first-order valence-electron chi connectivity index (χ1n) is 6.65. The third kappa shape index (κ3) is 2.77. The van der Waals surface area contributed by atoms with Crippen LogP contribution in [0, 0.1) is 0 Å². The molecule has 1 aliphatic heterocycles. The molecule has 0 spiro atoms. The minimum atomic E-state index is -3.63. The average molecular weight is 337 g/mol. The van der Waals surface area contributed by atoms with Crippen LogP contribution < -0.4 is 5.73 Å². The summed E-state index contributed by atoms with van der Waals surface area (Å²) in [6.45, 7) is 2.52. The molecule has 0 aliphatic carbocycles. The van der Waals surface area contributed by atoms with Crippen LogP contribution in [0.2, 0.25) is 10.0 Å². The van der Waals surface area contributed by atoms with Gasteiger partial charge in [-0.2, -0.15) is 4.31 Å². The van der Waals surface area contributed by atoms with Crippen LogP contribution in [0.25, 0.3) is 0 Å². The quantitative estimate of drug-likeness (QED) is 0.858. The molecule has 1 aromatic rings. The Kier molecular flexibility index (Phi) is 4.84. The van der Waals surface area contributed by atoms with Crippen molar-refractivity contribution < 1.29 is 8.42 Å². The number of nitrogen functional groups attached to an aromatic ring is 1. The van der Waals surface area contributed by atoms with Gasteiger partial charge in [-0.25, -0.2) is 8.42 Å². The lowest BCUT2D eigenvalue weighted by Gasteiger charge is -2.34. The zero-order chi connectivity index (χ0) is 14.9. The number of sulfonamides is 1. The SMILES string of the molecule is CCC1CCCCN1S(=O)(=O)c1ccc(Cl)c(N)c1Cl. The number of nitrogens with two attached hydrogens (primary N) is 1. The van der Waals surface area contributed by atoms with Gasteiger partial charge in [-0.05, 0) is 31.4 Å². The van der Waals surface area contributed by atoms with E-state index in [4.69, 9.17) is 28.9 Å². The highest BCUT2D eigenvalue weighted by Gasteiger charge is 2.34. The molecule has 1 unspecified atom stereocenters. The van der Waals surface area contributed by atoms with Crippen molar-refractivity contribution >= 4 is 38.9 Å². The van der Waals surface area contributed by atoms with Crippen molar-refractivity contribution in [2.45, 2.75) is 43.5 Å². The summed E-state index contributed by atoms with van der Waals surface area (Å²) in [7, 11) is -3.63. The van der Waals surface area contributed by atoms with Crippen molar-refractivity contribution in [2.24, 2.45) is 0 Å². The number of hydrogen-bond acceptors (Lipinski definition) is 3. The van der Waals surface area contributed by atoms with E-state index < -0.39 is 10.0 Å². The number of anilines is 1. The van der Waals surface area contributed by atoms with E-state index in [0.717, 1.165) is 25.7 Å². The molecule has 0 amide bonds. The second-order valence-corrected chi connectivity index (χ2v) is 7.59. The third-order valence-corrected chi connectivity index (χ3v) is 6.57. The Bertz CT molecular complexity index is 605. The smallest absolute Gasteiger partial charge is 0.244 e. The van der Waals surface area contributed by atoms with Crippen LogP contribution >= 0.6 is 23.2 Å². The van der Waals surface area contributed by atoms with Crippen LogP contribution in [0.4, 0.5) is 5.69 Å². The normalized spacial score (nSPS) is 21.1. The van der Waals surface area contributed by atoms with Crippen LogP contribution in [0.3, 0.4) is 0 Å². The monoisotopic (exact) mass is 336 g/mol. The van der Waals surface area contributed by atoms with Crippen LogP contribution in [0.1, 0.15) is 32.6 Å². The minimum absolute atomic E-state index is 0.0120. The van der Waals surface area contributed by atoms with Gasteiger partial charge >= 0.3 is 0 Å². The fourth-order valence-electron chi connectivity index (χ4n) is 2.57. The Morgan fingerprint density at radius 3 is 2.70 bits per heavy atom. The Labute approximate surface area is 129 Å². The fraction of sp³-hybridized carbons (Fsp3) is 0.538. The highest BCUT2D eigenvalue weighted by Crippen LogP contribution is 2.36. The van der Waals surface area contributed by atoms with E-state index in [9.17, 15) is 8.42 Å². The summed E-state index contributed by atoms with van der Waals surface area (Å²) in [5.74, 6) is 0. The lowest BCUT2D eigenvalue weighted by atomic mass is 10.0. The minimum Gasteiger partial charge on any atom is -0.396 e. The maximum absolute atomic E-state index is 12.8. The molecule has 1 atom stereocenters. The standard InChI is InChI=1S/C13H18Cl2N2O2S/c1-2-9-5-3-4-8-17(9)20(18,19)11-7-6-10(14)13(16)12(11)15/h6-7,9H,2-5,8,16H2,1H3. The number of rotatable bonds is 3. The summed E-state index contributed by atoms with van der Waals surface area (Å²) in [5, 5.41) is 0.276. The van der Waals surface area contributed by atoms with Gasteiger partial charge in [0.1, 0.15) is 4.90 Å². The highest BCUT2D eigenvalue weighted by molar-refractivity contribution is 7.89. The number of halogens is 2. The molecule has 2 N–H and O–H groups in total. The van der Waals surface area contributed by atoms with E-state index in [1.165, 1.54) is 12.1 Å². The van der Waals surface area contributed by atoms with E-state index in [1.807, 2.05) is 6.92 Å². The Morgan fingerprint density at radius 2 is 2.05 bits per heavy atom. The Morgan fingerprint density at radius 1 is 1.35 bits per heavy atom. The van der Waals surface area contributed by atoms with Crippen molar-refractivity contribution in [3.8, 4) is 0 Å². The molecule has 1 aromatic carbocycles. The van der Waals surface area contributed by atoms with Crippen LogP contribution in [-0.2, 0) is 10.0 Å². The molecule has 20 heavy (non-hydrogen) atoms. The second-order valence-electron chi connectivity index (χ2n) is 4.95. The van der Waals surface area contributed by atoms with Gasteiger partial charge in [-0.3, -0.25) is 0 Å². The summed E-state index contributed by atoms with van der Waals surface area (Å²) in [4.78, 5) is 0.0430. The maximum atomic E-state index is 12.8.